The molecule has 1 N–H and O–H groups in total. The molecule has 0 spiro atoms. The SMILES string of the molecule is Cl.Cl.O=C(c1ccc(N2CCCCCC2)nc1)N1CCCC(N2CCNCC2=O)C1. The number of hydrogen-bond acceptors (Lipinski definition) is 5. The molecular formula is C21H33Cl2N5O2. The van der Waals surface area contributed by atoms with Gasteiger partial charge in [0.15, 0.2) is 0 Å². The summed E-state index contributed by atoms with van der Waals surface area (Å²) in [5.74, 6) is 1.15. The summed E-state index contributed by atoms with van der Waals surface area (Å²) in [4.78, 5) is 36.0. The quantitative estimate of drug-likeness (QED) is 0.753. The lowest BCUT2D eigenvalue weighted by atomic mass is 10.0. The second kappa shape index (κ2) is 11.7. The van der Waals surface area contributed by atoms with E-state index < -0.39 is 0 Å². The molecule has 2 amide bonds. The van der Waals surface area contributed by atoms with Crippen molar-refractivity contribution in [1.29, 1.82) is 0 Å². The minimum atomic E-state index is 0. The molecule has 0 radical (unpaired) electrons. The highest BCUT2D eigenvalue weighted by Gasteiger charge is 2.32. The minimum Gasteiger partial charge on any atom is -0.357 e. The van der Waals surface area contributed by atoms with Crippen LogP contribution in [-0.2, 0) is 4.79 Å². The van der Waals surface area contributed by atoms with Crippen molar-refractivity contribution in [3.63, 3.8) is 0 Å². The highest BCUT2D eigenvalue weighted by atomic mass is 35.5. The van der Waals surface area contributed by atoms with Crippen molar-refractivity contribution in [2.75, 3.05) is 50.7 Å². The Bertz CT molecular complexity index is 695. The van der Waals surface area contributed by atoms with Crippen LogP contribution in [0.3, 0.4) is 0 Å². The maximum Gasteiger partial charge on any atom is 0.255 e. The monoisotopic (exact) mass is 457 g/mol. The minimum absolute atomic E-state index is 0. The van der Waals surface area contributed by atoms with Crippen LogP contribution in [0.1, 0.15) is 48.9 Å². The third-order valence-electron chi connectivity index (χ3n) is 6.18. The molecule has 0 bridgehead atoms. The summed E-state index contributed by atoms with van der Waals surface area (Å²) in [6.07, 6.45) is 8.64. The average Bonchev–Trinajstić information content (AvgIpc) is 3.03. The molecule has 1 aromatic rings. The van der Waals surface area contributed by atoms with Gasteiger partial charge in [-0.15, -0.1) is 24.8 Å². The smallest absolute Gasteiger partial charge is 0.255 e. The lowest BCUT2D eigenvalue weighted by Crippen LogP contribution is -2.57. The van der Waals surface area contributed by atoms with E-state index in [9.17, 15) is 9.59 Å². The van der Waals surface area contributed by atoms with Gasteiger partial charge in [-0.05, 0) is 37.8 Å². The number of pyridine rings is 1. The zero-order valence-electron chi connectivity index (χ0n) is 17.4. The van der Waals surface area contributed by atoms with Crippen LogP contribution in [0.2, 0.25) is 0 Å². The maximum absolute atomic E-state index is 13.0. The van der Waals surface area contributed by atoms with Gasteiger partial charge in [0, 0.05) is 51.5 Å². The first-order chi connectivity index (χ1) is 13.7. The van der Waals surface area contributed by atoms with Crippen molar-refractivity contribution in [3.05, 3.63) is 23.9 Å². The van der Waals surface area contributed by atoms with Gasteiger partial charge in [0.2, 0.25) is 5.91 Å². The van der Waals surface area contributed by atoms with Crippen molar-refractivity contribution in [1.82, 2.24) is 20.1 Å². The third kappa shape index (κ3) is 5.77. The molecule has 7 nitrogen and oxygen atoms in total. The molecule has 9 heteroatoms. The van der Waals surface area contributed by atoms with Crippen LogP contribution in [0.5, 0.6) is 0 Å². The van der Waals surface area contributed by atoms with Gasteiger partial charge in [0.05, 0.1) is 12.1 Å². The Balaban J connectivity index is 0.00000160. The molecule has 4 rings (SSSR count). The number of anilines is 1. The number of carbonyl (C=O) groups is 2. The van der Waals surface area contributed by atoms with Crippen LogP contribution in [0, 0.1) is 0 Å². The number of piperidine rings is 1. The van der Waals surface area contributed by atoms with Gasteiger partial charge in [0.1, 0.15) is 5.82 Å². The van der Waals surface area contributed by atoms with Crippen molar-refractivity contribution >= 4 is 42.4 Å². The summed E-state index contributed by atoms with van der Waals surface area (Å²) in [6.45, 7) is 5.45. The maximum atomic E-state index is 13.0. The zero-order valence-corrected chi connectivity index (χ0v) is 19.1. The molecule has 0 saturated carbocycles. The van der Waals surface area contributed by atoms with Crippen molar-refractivity contribution in [2.24, 2.45) is 0 Å². The Morgan fingerprint density at radius 2 is 1.77 bits per heavy atom. The highest BCUT2D eigenvalue weighted by molar-refractivity contribution is 5.94. The van der Waals surface area contributed by atoms with E-state index in [1.807, 2.05) is 21.9 Å². The van der Waals surface area contributed by atoms with E-state index in [0.717, 1.165) is 51.4 Å². The summed E-state index contributed by atoms with van der Waals surface area (Å²) >= 11 is 0. The molecule has 0 aliphatic carbocycles. The molecule has 1 atom stereocenters. The highest BCUT2D eigenvalue weighted by Crippen LogP contribution is 2.21. The second-order valence-corrected chi connectivity index (χ2v) is 8.12. The number of halogens is 2. The van der Waals surface area contributed by atoms with Gasteiger partial charge < -0.3 is 20.0 Å². The Kier molecular flexibility index (Phi) is 9.65. The summed E-state index contributed by atoms with van der Waals surface area (Å²) in [5, 5.41) is 3.12. The number of likely N-dealkylation sites (tertiary alicyclic amines) is 1. The van der Waals surface area contributed by atoms with Gasteiger partial charge in [-0.2, -0.15) is 0 Å². The fourth-order valence-corrected chi connectivity index (χ4v) is 4.58. The predicted molar refractivity (Wildman–Crippen MR) is 123 cm³/mol. The molecule has 1 aromatic heterocycles. The van der Waals surface area contributed by atoms with E-state index in [1.165, 1.54) is 25.7 Å². The third-order valence-corrected chi connectivity index (χ3v) is 6.18. The Hall–Kier alpha value is -1.57. The first kappa shape index (κ1) is 24.7. The van der Waals surface area contributed by atoms with Crippen LogP contribution in [0.4, 0.5) is 5.82 Å². The van der Waals surface area contributed by atoms with Crippen LogP contribution < -0.4 is 10.2 Å². The van der Waals surface area contributed by atoms with Gasteiger partial charge in [-0.25, -0.2) is 4.98 Å². The van der Waals surface area contributed by atoms with Crippen LogP contribution >= 0.6 is 24.8 Å². The van der Waals surface area contributed by atoms with Gasteiger partial charge in [-0.1, -0.05) is 12.8 Å². The summed E-state index contributed by atoms with van der Waals surface area (Å²) in [6, 6.07) is 4.03. The predicted octanol–water partition coefficient (Wildman–Crippen LogP) is 2.34. The number of rotatable bonds is 3. The Labute approximate surface area is 191 Å². The van der Waals surface area contributed by atoms with E-state index in [-0.39, 0.29) is 42.7 Å². The largest absolute Gasteiger partial charge is 0.357 e. The van der Waals surface area contributed by atoms with E-state index in [0.29, 0.717) is 18.7 Å². The fourth-order valence-electron chi connectivity index (χ4n) is 4.58. The van der Waals surface area contributed by atoms with E-state index >= 15 is 0 Å². The normalized spacial score (nSPS) is 22.6. The number of nitrogens with zero attached hydrogens (tertiary/aromatic N) is 4. The Morgan fingerprint density at radius 3 is 2.43 bits per heavy atom. The van der Waals surface area contributed by atoms with E-state index in [1.54, 1.807) is 6.20 Å². The number of carbonyl (C=O) groups excluding carboxylic acids is 2. The first-order valence-corrected chi connectivity index (χ1v) is 10.7. The number of nitrogens with one attached hydrogen (secondary N) is 1. The summed E-state index contributed by atoms with van der Waals surface area (Å²) in [5.41, 5.74) is 0.644. The van der Waals surface area contributed by atoms with Crippen LogP contribution in [-0.4, -0.2) is 78.5 Å². The van der Waals surface area contributed by atoms with E-state index in [4.69, 9.17) is 0 Å². The molecule has 3 fully saturated rings. The molecular weight excluding hydrogens is 425 g/mol. The molecule has 3 aliphatic rings. The zero-order chi connectivity index (χ0) is 19.3. The van der Waals surface area contributed by atoms with Crippen molar-refractivity contribution in [3.8, 4) is 0 Å². The van der Waals surface area contributed by atoms with E-state index in [2.05, 4.69) is 15.2 Å². The standard InChI is InChI=1S/C21H31N5O2.2ClH/c27-20-15-22-9-13-26(20)18-6-5-12-25(16-18)21(28)17-7-8-19(23-14-17)24-10-3-1-2-4-11-24;;/h7-8,14,18,22H,1-6,9-13,15-16H2;2*1H. The van der Waals surface area contributed by atoms with Gasteiger partial charge >= 0.3 is 0 Å². The van der Waals surface area contributed by atoms with Gasteiger partial charge in [-0.3, -0.25) is 9.59 Å². The number of aromatic nitrogens is 1. The number of amides is 2. The van der Waals surface area contributed by atoms with Crippen molar-refractivity contribution < 1.29 is 9.59 Å². The van der Waals surface area contributed by atoms with Crippen molar-refractivity contribution in [2.45, 2.75) is 44.6 Å². The molecule has 0 aromatic carbocycles. The molecule has 1 unspecified atom stereocenters. The van der Waals surface area contributed by atoms with Crippen LogP contribution in [0.25, 0.3) is 0 Å². The second-order valence-electron chi connectivity index (χ2n) is 8.12. The average molecular weight is 458 g/mol. The summed E-state index contributed by atoms with van der Waals surface area (Å²) < 4.78 is 0. The number of piperazine rings is 1. The lowest BCUT2D eigenvalue weighted by Gasteiger charge is -2.41. The fraction of sp³-hybridized carbons (Fsp3) is 0.667. The molecule has 3 aliphatic heterocycles. The van der Waals surface area contributed by atoms with Gasteiger partial charge in [0.25, 0.3) is 5.91 Å². The van der Waals surface area contributed by atoms with Crippen LogP contribution in [0.15, 0.2) is 18.3 Å². The first-order valence-electron chi connectivity index (χ1n) is 10.7. The number of hydrogen-bond donors (Lipinski definition) is 1. The molecule has 30 heavy (non-hydrogen) atoms. The molecule has 3 saturated heterocycles. The molecule has 168 valence electrons. The topological polar surface area (TPSA) is 68.8 Å². The summed E-state index contributed by atoms with van der Waals surface area (Å²) in [7, 11) is 0. The Morgan fingerprint density at radius 1 is 1.00 bits per heavy atom. The lowest BCUT2D eigenvalue weighted by molar-refractivity contribution is -0.135. The molecule has 4 heterocycles.